The monoisotopic (exact) mass is 208 g/mol. The smallest absolute Gasteiger partial charge is 0.364 e. The molecule has 0 aliphatic rings. The second kappa shape index (κ2) is 5.82. The largest absolute Gasteiger partial charge is 0.476 e. The molecule has 2 rings (SSSR count). The maximum absolute atomic E-state index is 10.0. The van der Waals surface area contributed by atoms with Crippen LogP contribution in [0.2, 0.25) is 0 Å². The number of rotatable bonds is 1. The molecule has 4 nitrogen and oxygen atoms in total. The van der Waals surface area contributed by atoms with Crippen LogP contribution in [0.25, 0.3) is 0 Å². The molecule has 1 N–H and O–H groups in total. The Hall–Kier alpha value is -1.75. The number of aromatic nitrogens is 2. The van der Waals surface area contributed by atoms with Gasteiger partial charge in [0.15, 0.2) is 0 Å². The van der Waals surface area contributed by atoms with Crippen LogP contribution in [0.15, 0.2) is 42.2 Å². The third-order valence-electron chi connectivity index (χ3n) is 1.18. The fraction of sp³-hybridized carbons (Fsp3) is 0. The van der Waals surface area contributed by atoms with Gasteiger partial charge in [-0.15, -0.1) is 11.3 Å². The third-order valence-corrected chi connectivity index (χ3v) is 1.94. The Morgan fingerprint density at radius 1 is 1.21 bits per heavy atom. The molecule has 2 aromatic rings. The Balaban J connectivity index is 0.000000146. The molecule has 0 unspecified atom stereocenters. The highest BCUT2D eigenvalue weighted by atomic mass is 32.1. The Bertz CT molecular complexity index is 335. The summed E-state index contributed by atoms with van der Waals surface area (Å²) in [6, 6.07) is 5.72. The number of carboxylic acids is 1. The molecule has 72 valence electrons. The van der Waals surface area contributed by atoms with Gasteiger partial charge in [-0.3, -0.25) is 4.98 Å². The summed E-state index contributed by atoms with van der Waals surface area (Å²) in [5, 5.41) is 9.99. The number of thiazole rings is 1. The first-order valence-corrected chi connectivity index (χ1v) is 4.66. The molecule has 0 spiro atoms. The van der Waals surface area contributed by atoms with E-state index in [1.807, 2.05) is 18.2 Å². The van der Waals surface area contributed by atoms with Gasteiger partial charge < -0.3 is 5.11 Å². The van der Waals surface area contributed by atoms with E-state index in [1.54, 1.807) is 17.8 Å². The van der Waals surface area contributed by atoms with Crippen molar-refractivity contribution >= 4 is 17.3 Å². The normalized spacial score (nSPS) is 8.57. The average molecular weight is 208 g/mol. The van der Waals surface area contributed by atoms with Crippen molar-refractivity contribution < 1.29 is 9.90 Å². The second-order valence-corrected chi connectivity index (χ2v) is 3.06. The van der Waals surface area contributed by atoms with Crippen LogP contribution in [0.1, 0.15) is 9.80 Å². The number of carboxylic acid groups (broad SMARTS) is 1. The molecule has 2 aromatic heterocycles. The van der Waals surface area contributed by atoms with Crippen molar-refractivity contribution in [2.24, 2.45) is 0 Å². The van der Waals surface area contributed by atoms with Crippen LogP contribution in [-0.4, -0.2) is 21.0 Å². The van der Waals surface area contributed by atoms with Crippen LogP contribution < -0.4 is 0 Å². The average Bonchev–Trinajstić information content (AvgIpc) is 2.74. The van der Waals surface area contributed by atoms with E-state index in [2.05, 4.69) is 9.97 Å². The third kappa shape index (κ3) is 3.77. The summed E-state index contributed by atoms with van der Waals surface area (Å²) in [6.07, 6.45) is 4.97. The van der Waals surface area contributed by atoms with Crippen LogP contribution in [0.4, 0.5) is 0 Å². The predicted octanol–water partition coefficient (Wildman–Crippen LogP) is 1.92. The Labute approximate surface area is 84.9 Å². The van der Waals surface area contributed by atoms with Gasteiger partial charge in [0.1, 0.15) is 0 Å². The highest BCUT2D eigenvalue weighted by Gasteiger charge is 2.01. The van der Waals surface area contributed by atoms with E-state index in [-0.39, 0.29) is 5.01 Å². The van der Waals surface area contributed by atoms with Gasteiger partial charge in [0.05, 0.1) is 0 Å². The first-order valence-electron chi connectivity index (χ1n) is 3.78. The van der Waals surface area contributed by atoms with Crippen LogP contribution >= 0.6 is 11.3 Å². The summed E-state index contributed by atoms with van der Waals surface area (Å²) in [7, 11) is 0. The molecule has 0 aromatic carbocycles. The summed E-state index contributed by atoms with van der Waals surface area (Å²) in [6.45, 7) is 0. The van der Waals surface area contributed by atoms with Gasteiger partial charge in [0, 0.05) is 24.0 Å². The van der Waals surface area contributed by atoms with Crippen LogP contribution in [0, 0.1) is 0 Å². The number of hydrogen-bond donors (Lipinski definition) is 1. The summed E-state index contributed by atoms with van der Waals surface area (Å²) in [5.41, 5.74) is 0. The zero-order valence-electron chi connectivity index (χ0n) is 7.20. The summed E-state index contributed by atoms with van der Waals surface area (Å²) in [4.78, 5) is 17.3. The fourth-order valence-electron chi connectivity index (χ4n) is 0.642. The van der Waals surface area contributed by atoms with Gasteiger partial charge in [-0.25, -0.2) is 9.78 Å². The maximum Gasteiger partial charge on any atom is 0.364 e. The lowest BCUT2D eigenvalue weighted by Crippen LogP contribution is -1.92. The number of aromatic carboxylic acids is 1. The molecule has 0 aliphatic heterocycles. The van der Waals surface area contributed by atoms with Crippen molar-refractivity contribution in [1.29, 1.82) is 0 Å². The lowest BCUT2D eigenvalue weighted by molar-refractivity contribution is 0.0696. The Morgan fingerprint density at radius 3 is 2.14 bits per heavy atom. The second-order valence-electron chi connectivity index (χ2n) is 2.17. The molecule has 14 heavy (non-hydrogen) atoms. The van der Waals surface area contributed by atoms with Crippen molar-refractivity contribution in [2.75, 3.05) is 0 Å². The van der Waals surface area contributed by atoms with E-state index in [9.17, 15) is 4.79 Å². The molecule has 0 fully saturated rings. The van der Waals surface area contributed by atoms with Crippen molar-refractivity contribution in [3.05, 3.63) is 47.2 Å². The molecular formula is C9H8N2O2S. The molecular weight excluding hydrogens is 200 g/mol. The number of hydrogen-bond acceptors (Lipinski definition) is 4. The SMILES string of the molecule is O=C(O)c1nccs1.c1ccncc1. The number of pyridine rings is 1. The molecule has 0 bridgehead atoms. The van der Waals surface area contributed by atoms with Crippen LogP contribution in [-0.2, 0) is 0 Å². The molecule has 0 saturated heterocycles. The number of nitrogens with zero attached hydrogens (tertiary/aromatic N) is 2. The minimum absolute atomic E-state index is 0.144. The maximum atomic E-state index is 10.0. The molecule has 0 radical (unpaired) electrons. The molecule has 0 aliphatic carbocycles. The van der Waals surface area contributed by atoms with Gasteiger partial charge in [0.2, 0.25) is 5.01 Å². The fourth-order valence-corrected chi connectivity index (χ4v) is 1.11. The lowest BCUT2D eigenvalue weighted by Gasteiger charge is -1.77. The highest BCUT2D eigenvalue weighted by Crippen LogP contribution is 2.01. The van der Waals surface area contributed by atoms with Crippen molar-refractivity contribution in [3.8, 4) is 0 Å². The van der Waals surface area contributed by atoms with Gasteiger partial charge in [-0.05, 0) is 12.1 Å². The van der Waals surface area contributed by atoms with Crippen molar-refractivity contribution in [2.45, 2.75) is 0 Å². The Morgan fingerprint density at radius 2 is 1.93 bits per heavy atom. The first kappa shape index (κ1) is 10.3. The van der Waals surface area contributed by atoms with Gasteiger partial charge in [-0.1, -0.05) is 6.07 Å². The summed E-state index contributed by atoms with van der Waals surface area (Å²) in [5.74, 6) is -0.958. The van der Waals surface area contributed by atoms with Gasteiger partial charge in [0.25, 0.3) is 0 Å². The topological polar surface area (TPSA) is 63.1 Å². The molecule has 2 heterocycles. The van der Waals surface area contributed by atoms with E-state index < -0.39 is 5.97 Å². The first-order chi connectivity index (χ1) is 6.80. The highest BCUT2D eigenvalue weighted by molar-refractivity contribution is 7.11. The minimum Gasteiger partial charge on any atom is -0.476 e. The van der Waals surface area contributed by atoms with E-state index >= 15 is 0 Å². The molecule has 0 saturated carbocycles. The Kier molecular flexibility index (Phi) is 4.30. The lowest BCUT2D eigenvalue weighted by atomic mass is 10.5. The minimum atomic E-state index is -0.958. The number of carbonyl (C=O) groups is 1. The van der Waals surface area contributed by atoms with Crippen LogP contribution in [0.3, 0.4) is 0 Å². The van der Waals surface area contributed by atoms with Crippen molar-refractivity contribution in [1.82, 2.24) is 9.97 Å². The van der Waals surface area contributed by atoms with Gasteiger partial charge in [-0.2, -0.15) is 0 Å². The van der Waals surface area contributed by atoms with E-state index in [0.29, 0.717) is 0 Å². The predicted molar refractivity (Wildman–Crippen MR) is 53.3 cm³/mol. The van der Waals surface area contributed by atoms with Gasteiger partial charge >= 0.3 is 5.97 Å². The summed E-state index contributed by atoms with van der Waals surface area (Å²) < 4.78 is 0. The van der Waals surface area contributed by atoms with E-state index in [0.717, 1.165) is 11.3 Å². The van der Waals surface area contributed by atoms with Crippen LogP contribution in [0.5, 0.6) is 0 Å². The molecule has 5 heteroatoms. The standard InChI is InChI=1S/C5H5N.C4H3NO2S/c1-2-4-6-5-3-1;6-4(7)3-5-1-2-8-3/h1-5H;1-2H,(H,6,7). The van der Waals surface area contributed by atoms with E-state index in [1.165, 1.54) is 6.20 Å². The zero-order chi connectivity index (χ0) is 10.2. The molecule has 0 atom stereocenters. The zero-order valence-corrected chi connectivity index (χ0v) is 8.02. The quantitative estimate of drug-likeness (QED) is 0.777. The molecule has 0 amide bonds. The summed E-state index contributed by atoms with van der Waals surface area (Å²) >= 11 is 1.12. The van der Waals surface area contributed by atoms with E-state index in [4.69, 9.17) is 5.11 Å². The van der Waals surface area contributed by atoms with Crippen molar-refractivity contribution in [3.63, 3.8) is 0 Å².